The molecule has 1 aliphatic rings. The molecule has 0 bridgehead atoms. The molecule has 6 nitrogen and oxygen atoms in total. The largest absolute Gasteiger partial charge is 0.480 e. The lowest BCUT2D eigenvalue weighted by molar-refractivity contribution is -0.139. The Labute approximate surface area is 143 Å². The fraction of sp³-hybridized carbons (Fsp3) is 0.667. The monoisotopic (exact) mass is 336 g/mol. The SMILES string of the molecule is CCc1cc(C(=O)N2CCC(N(CC)CC(=O)O)CC2)oc1CC. The molecule has 2 heterocycles. The van der Waals surface area contributed by atoms with E-state index in [9.17, 15) is 9.59 Å². The van der Waals surface area contributed by atoms with Crippen molar-refractivity contribution in [3.05, 3.63) is 23.2 Å². The Morgan fingerprint density at radius 3 is 2.38 bits per heavy atom. The second-order valence-corrected chi connectivity index (χ2v) is 6.25. The Balaban J connectivity index is 1.97. The molecule has 0 aromatic carbocycles. The lowest BCUT2D eigenvalue weighted by Crippen LogP contribution is -2.48. The van der Waals surface area contributed by atoms with Gasteiger partial charge >= 0.3 is 5.97 Å². The predicted octanol–water partition coefficient (Wildman–Crippen LogP) is 2.42. The molecule has 0 unspecified atom stereocenters. The lowest BCUT2D eigenvalue weighted by atomic mass is 10.0. The van der Waals surface area contributed by atoms with Gasteiger partial charge in [-0.15, -0.1) is 0 Å². The van der Waals surface area contributed by atoms with Gasteiger partial charge in [0.2, 0.25) is 0 Å². The summed E-state index contributed by atoms with van der Waals surface area (Å²) in [5.74, 6) is 0.476. The maximum Gasteiger partial charge on any atom is 0.317 e. The topological polar surface area (TPSA) is 74.0 Å². The molecule has 24 heavy (non-hydrogen) atoms. The molecular formula is C18H28N2O4. The van der Waals surface area contributed by atoms with Gasteiger partial charge in [0.25, 0.3) is 5.91 Å². The van der Waals surface area contributed by atoms with Crippen LogP contribution in [0, 0.1) is 0 Å². The average molecular weight is 336 g/mol. The van der Waals surface area contributed by atoms with Crippen LogP contribution in [0.25, 0.3) is 0 Å². The maximum absolute atomic E-state index is 12.6. The normalized spacial score (nSPS) is 15.9. The Morgan fingerprint density at radius 1 is 1.25 bits per heavy atom. The van der Waals surface area contributed by atoms with Crippen LogP contribution in [-0.2, 0) is 17.6 Å². The Hall–Kier alpha value is -1.82. The van der Waals surface area contributed by atoms with Crippen molar-refractivity contribution in [3.8, 4) is 0 Å². The van der Waals surface area contributed by atoms with Crippen molar-refractivity contribution in [2.75, 3.05) is 26.2 Å². The minimum absolute atomic E-state index is 0.0517. The smallest absolute Gasteiger partial charge is 0.317 e. The summed E-state index contributed by atoms with van der Waals surface area (Å²) in [6, 6.07) is 2.10. The molecule has 134 valence electrons. The summed E-state index contributed by atoms with van der Waals surface area (Å²) < 4.78 is 5.74. The number of aryl methyl sites for hydroxylation is 2. The van der Waals surface area contributed by atoms with Crippen LogP contribution in [0.3, 0.4) is 0 Å². The van der Waals surface area contributed by atoms with E-state index in [0.717, 1.165) is 37.0 Å². The molecule has 1 saturated heterocycles. The molecular weight excluding hydrogens is 308 g/mol. The number of carbonyl (C=O) groups excluding carboxylic acids is 1. The number of carbonyl (C=O) groups is 2. The first kappa shape index (κ1) is 18.5. The number of aliphatic carboxylic acids is 1. The van der Waals surface area contributed by atoms with Crippen LogP contribution < -0.4 is 0 Å². The van der Waals surface area contributed by atoms with Gasteiger partial charge in [-0.2, -0.15) is 0 Å². The highest BCUT2D eigenvalue weighted by Crippen LogP contribution is 2.22. The molecule has 0 saturated carbocycles. The average Bonchev–Trinajstić information content (AvgIpc) is 3.02. The number of likely N-dealkylation sites (tertiary alicyclic amines) is 1. The zero-order valence-electron chi connectivity index (χ0n) is 14.9. The molecule has 0 aliphatic carbocycles. The van der Waals surface area contributed by atoms with Gasteiger partial charge in [-0.1, -0.05) is 20.8 Å². The highest BCUT2D eigenvalue weighted by atomic mass is 16.4. The number of piperidine rings is 1. The Kier molecular flexibility index (Phi) is 6.43. The molecule has 0 spiro atoms. The van der Waals surface area contributed by atoms with Crippen LogP contribution in [0.4, 0.5) is 0 Å². The minimum Gasteiger partial charge on any atom is -0.480 e. The van der Waals surface area contributed by atoms with Crippen LogP contribution >= 0.6 is 0 Å². The van der Waals surface area contributed by atoms with Crippen molar-refractivity contribution in [3.63, 3.8) is 0 Å². The number of carboxylic acid groups (broad SMARTS) is 1. The second kappa shape index (κ2) is 8.33. The molecule has 2 rings (SSSR count). The van der Waals surface area contributed by atoms with E-state index in [2.05, 4.69) is 6.92 Å². The molecule has 1 N–H and O–H groups in total. The zero-order chi connectivity index (χ0) is 17.7. The van der Waals surface area contributed by atoms with Gasteiger partial charge in [0.1, 0.15) is 5.76 Å². The number of furan rings is 1. The summed E-state index contributed by atoms with van der Waals surface area (Å²) in [5, 5.41) is 8.99. The summed E-state index contributed by atoms with van der Waals surface area (Å²) in [6.07, 6.45) is 3.26. The van der Waals surface area contributed by atoms with Gasteiger partial charge in [0.05, 0.1) is 6.54 Å². The predicted molar refractivity (Wildman–Crippen MR) is 91.3 cm³/mol. The van der Waals surface area contributed by atoms with Crippen LogP contribution in [0.1, 0.15) is 55.5 Å². The quantitative estimate of drug-likeness (QED) is 0.828. The van der Waals surface area contributed by atoms with Crippen molar-refractivity contribution < 1.29 is 19.1 Å². The number of rotatable bonds is 7. The fourth-order valence-corrected chi connectivity index (χ4v) is 3.43. The molecule has 1 fully saturated rings. The number of carboxylic acids is 1. The Morgan fingerprint density at radius 2 is 1.92 bits per heavy atom. The summed E-state index contributed by atoms with van der Waals surface area (Å²) in [6.45, 7) is 8.12. The third-order valence-corrected chi connectivity index (χ3v) is 4.82. The van der Waals surface area contributed by atoms with Gasteiger partial charge in [0.15, 0.2) is 5.76 Å². The Bertz CT molecular complexity index is 552. The van der Waals surface area contributed by atoms with Crippen LogP contribution in [0.2, 0.25) is 0 Å². The molecule has 0 atom stereocenters. The molecule has 0 radical (unpaired) electrons. The van der Waals surface area contributed by atoms with Gasteiger partial charge in [-0.05, 0) is 37.4 Å². The van der Waals surface area contributed by atoms with E-state index in [1.54, 1.807) is 0 Å². The lowest BCUT2D eigenvalue weighted by Gasteiger charge is -2.37. The first-order valence-electron chi connectivity index (χ1n) is 8.86. The van der Waals surface area contributed by atoms with Gasteiger partial charge in [-0.25, -0.2) is 0 Å². The van der Waals surface area contributed by atoms with E-state index >= 15 is 0 Å². The molecule has 1 aromatic heterocycles. The van der Waals surface area contributed by atoms with Crippen LogP contribution in [0.15, 0.2) is 10.5 Å². The molecule has 1 aromatic rings. The first-order valence-corrected chi connectivity index (χ1v) is 8.86. The molecule has 1 amide bonds. The number of hydrogen-bond donors (Lipinski definition) is 1. The van der Waals surface area contributed by atoms with E-state index in [4.69, 9.17) is 9.52 Å². The number of nitrogens with zero attached hydrogens (tertiary/aromatic N) is 2. The van der Waals surface area contributed by atoms with Crippen molar-refractivity contribution in [2.24, 2.45) is 0 Å². The summed E-state index contributed by atoms with van der Waals surface area (Å²) in [5.41, 5.74) is 1.11. The highest BCUT2D eigenvalue weighted by Gasteiger charge is 2.29. The van der Waals surface area contributed by atoms with Crippen LogP contribution in [0.5, 0.6) is 0 Å². The third-order valence-electron chi connectivity index (χ3n) is 4.82. The highest BCUT2D eigenvalue weighted by molar-refractivity contribution is 5.91. The number of amides is 1. The molecule has 1 aliphatic heterocycles. The summed E-state index contributed by atoms with van der Waals surface area (Å²) >= 11 is 0. The van der Waals surface area contributed by atoms with E-state index in [1.165, 1.54) is 0 Å². The third kappa shape index (κ3) is 4.17. The minimum atomic E-state index is -0.801. The standard InChI is InChI=1S/C18H28N2O4/c1-4-13-11-16(24-15(13)5-2)18(23)20-9-7-14(8-10-20)19(6-3)12-17(21)22/h11,14H,4-10,12H2,1-3H3,(H,21,22). The number of hydrogen-bond acceptors (Lipinski definition) is 4. The maximum atomic E-state index is 12.6. The van der Waals surface area contributed by atoms with Gasteiger partial charge < -0.3 is 14.4 Å². The van der Waals surface area contributed by atoms with Crippen molar-refractivity contribution >= 4 is 11.9 Å². The number of likely N-dealkylation sites (N-methyl/N-ethyl adjacent to an activating group) is 1. The van der Waals surface area contributed by atoms with Gasteiger partial charge in [0, 0.05) is 25.6 Å². The van der Waals surface area contributed by atoms with Crippen molar-refractivity contribution in [1.29, 1.82) is 0 Å². The first-order chi connectivity index (χ1) is 11.5. The van der Waals surface area contributed by atoms with E-state index in [1.807, 2.05) is 29.7 Å². The van der Waals surface area contributed by atoms with E-state index in [0.29, 0.717) is 25.4 Å². The fourth-order valence-electron chi connectivity index (χ4n) is 3.43. The molecule has 6 heteroatoms. The van der Waals surface area contributed by atoms with Crippen molar-refractivity contribution in [2.45, 2.75) is 52.5 Å². The second-order valence-electron chi connectivity index (χ2n) is 6.25. The van der Waals surface area contributed by atoms with Crippen molar-refractivity contribution in [1.82, 2.24) is 9.80 Å². The zero-order valence-corrected chi connectivity index (χ0v) is 14.9. The van der Waals surface area contributed by atoms with Gasteiger partial charge in [-0.3, -0.25) is 14.5 Å². The summed E-state index contributed by atoms with van der Waals surface area (Å²) in [7, 11) is 0. The van der Waals surface area contributed by atoms with E-state index in [-0.39, 0.29) is 18.5 Å². The van der Waals surface area contributed by atoms with E-state index < -0.39 is 5.97 Å². The van der Waals surface area contributed by atoms with Crippen LogP contribution in [-0.4, -0.2) is 59.0 Å². The summed E-state index contributed by atoms with van der Waals surface area (Å²) in [4.78, 5) is 27.4.